The lowest BCUT2D eigenvalue weighted by molar-refractivity contribution is 0.187. The van der Waals surface area contributed by atoms with Gasteiger partial charge in [0.15, 0.2) is 5.96 Å². The van der Waals surface area contributed by atoms with Gasteiger partial charge in [0.1, 0.15) is 0 Å². The van der Waals surface area contributed by atoms with Gasteiger partial charge in [0.25, 0.3) is 0 Å². The lowest BCUT2D eigenvalue weighted by atomic mass is 9.93. The number of piperidine rings is 1. The Morgan fingerprint density at radius 2 is 1.92 bits per heavy atom. The summed E-state index contributed by atoms with van der Waals surface area (Å²) in [7, 11) is 0. The summed E-state index contributed by atoms with van der Waals surface area (Å²) >= 11 is 1.87. The predicted molar refractivity (Wildman–Crippen MR) is 106 cm³/mol. The minimum atomic E-state index is 0.773. The van der Waals surface area contributed by atoms with Gasteiger partial charge in [-0.2, -0.15) is 0 Å². The van der Waals surface area contributed by atoms with E-state index < -0.39 is 0 Å². The number of nitrogens with one attached hydrogen (secondary N) is 2. The molecule has 0 unspecified atom stereocenters. The second kappa shape index (κ2) is 10.7. The Hall–Kier alpha value is -1.07. The van der Waals surface area contributed by atoms with E-state index in [9.17, 15) is 0 Å². The highest BCUT2D eigenvalue weighted by Crippen LogP contribution is 2.20. The molecule has 2 heterocycles. The number of hydrogen-bond donors (Lipinski definition) is 2. The van der Waals surface area contributed by atoms with Gasteiger partial charge >= 0.3 is 0 Å². The van der Waals surface area contributed by atoms with Crippen molar-refractivity contribution < 1.29 is 0 Å². The molecule has 4 nitrogen and oxygen atoms in total. The van der Waals surface area contributed by atoms with Crippen LogP contribution in [0.4, 0.5) is 0 Å². The van der Waals surface area contributed by atoms with Crippen LogP contribution in [0.25, 0.3) is 0 Å². The van der Waals surface area contributed by atoms with Crippen LogP contribution in [0.15, 0.2) is 17.1 Å². The Labute approximate surface area is 151 Å². The van der Waals surface area contributed by atoms with Crippen molar-refractivity contribution >= 4 is 17.3 Å². The van der Waals surface area contributed by atoms with Gasteiger partial charge in [0, 0.05) is 22.8 Å². The topological polar surface area (TPSA) is 39.7 Å². The zero-order chi connectivity index (χ0) is 17.2. The molecule has 1 aromatic heterocycles. The molecular formula is C19H34N4S. The van der Waals surface area contributed by atoms with Crippen molar-refractivity contribution in [1.29, 1.82) is 0 Å². The first kappa shape index (κ1) is 19.3. The average molecular weight is 351 g/mol. The number of nitrogens with zero attached hydrogens (tertiary/aromatic N) is 2. The molecule has 5 heteroatoms. The number of guanidine groups is 1. The smallest absolute Gasteiger partial charge is 0.191 e. The third-order valence-corrected chi connectivity index (χ3v) is 6.02. The Morgan fingerprint density at radius 1 is 1.17 bits per heavy atom. The van der Waals surface area contributed by atoms with Crippen LogP contribution in [0.5, 0.6) is 0 Å². The standard InChI is InChI=1S/C19H34N4S/c1-4-17-7-8-18(24-17)15-22-19(20-5-2)21-12-9-16-10-13-23(6-3)14-11-16/h7-8,16H,4-6,9-15H2,1-3H3,(H2,20,21,22). The second-order valence-electron chi connectivity index (χ2n) is 6.51. The summed E-state index contributed by atoms with van der Waals surface area (Å²) in [5.41, 5.74) is 0. The van der Waals surface area contributed by atoms with E-state index in [2.05, 4.69) is 48.4 Å². The molecule has 1 aliphatic rings. The molecule has 0 aliphatic carbocycles. The lowest BCUT2D eigenvalue weighted by Crippen LogP contribution is -2.39. The summed E-state index contributed by atoms with van der Waals surface area (Å²) in [6.45, 7) is 13.0. The molecule has 2 rings (SSSR count). The van der Waals surface area contributed by atoms with Gasteiger partial charge in [0.2, 0.25) is 0 Å². The molecule has 0 radical (unpaired) electrons. The predicted octanol–water partition coefficient (Wildman–Crippen LogP) is 3.49. The first-order valence-electron chi connectivity index (χ1n) is 9.57. The fourth-order valence-electron chi connectivity index (χ4n) is 3.18. The van der Waals surface area contributed by atoms with Crippen molar-refractivity contribution in [2.75, 3.05) is 32.7 Å². The number of aryl methyl sites for hydroxylation is 1. The fraction of sp³-hybridized carbons (Fsp3) is 0.737. The van der Waals surface area contributed by atoms with Gasteiger partial charge in [-0.1, -0.05) is 13.8 Å². The quantitative estimate of drug-likeness (QED) is 0.557. The van der Waals surface area contributed by atoms with Crippen LogP contribution >= 0.6 is 11.3 Å². The van der Waals surface area contributed by atoms with Crippen molar-refractivity contribution in [2.24, 2.45) is 10.9 Å². The highest BCUT2D eigenvalue weighted by Gasteiger charge is 2.17. The first-order chi connectivity index (χ1) is 11.7. The fourth-order valence-corrected chi connectivity index (χ4v) is 4.06. The van der Waals surface area contributed by atoms with Crippen molar-refractivity contribution in [3.8, 4) is 0 Å². The van der Waals surface area contributed by atoms with Crippen molar-refractivity contribution in [3.05, 3.63) is 21.9 Å². The van der Waals surface area contributed by atoms with Gasteiger partial charge in [-0.15, -0.1) is 11.3 Å². The minimum absolute atomic E-state index is 0.773. The van der Waals surface area contributed by atoms with Crippen LogP contribution in [0.3, 0.4) is 0 Å². The molecule has 0 spiro atoms. The van der Waals surface area contributed by atoms with Gasteiger partial charge in [-0.05, 0) is 70.3 Å². The molecule has 2 N–H and O–H groups in total. The molecule has 24 heavy (non-hydrogen) atoms. The third kappa shape index (κ3) is 6.44. The molecule has 136 valence electrons. The highest BCUT2D eigenvalue weighted by atomic mass is 32.1. The van der Waals surface area contributed by atoms with Crippen molar-refractivity contribution in [2.45, 2.75) is 53.0 Å². The SMILES string of the molecule is CCNC(=NCc1ccc(CC)s1)NCCC1CCN(CC)CC1. The zero-order valence-electron chi connectivity index (χ0n) is 15.6. The number of likely N-dealkylation sites (tertiary alicyclic amines) is 1. The maximum atomic E-state index is 4.74. The average Bonchev–Trinajstić information content (AvgIpc) is 3.08. The second-order valence-corrected chi connectivity index (χ2v) is 7.76. The molecule has 0 bridgehead atoms. The molecule has 0 amide bonds. The summed E-state index contributed by atoms with van der Waals surface area (Å²) in [5, 5.41) is 6.88. The first-order valence-corrected chi connectivity index (χ1v) is 10.4. The van der Waals surface area contributed by atoms with Crippen LogP contribution in [0, 0.1) is 5.92 Å². The Bertz CT molecular complexity index is 489. The summed E-state index contributed by atoms with van der Waals surface area (Å²) in [6, 6.07) is 4.43. The van der Waals surface area contributed by atoms with E-state index >= 15 is 0 Å². The van der Waals surface area contributed by atoms with E-state index in [4.69, 9.17) is 4.99 Å². The molecule has 0 saturated carbocycles. The summed E-state index contributed by atoms with van der Waals surface area (Å²) in [6.07, 6.45) is 5.06. The van der Waals surface area contributed by atoms with E-state index in [0.717, 1.165) is 37.9 Å². The lowest BCUT2D eigenvalue weighted by Gasteiger charge is -2.31. The van der Waals surface area contributed by atoms with Crippen LogP contribution in [-0.4, -0.2) is 43.6 Å². The largest absolute Gasteiger partial charge is 0.357 e. The van der Waals surface area contributed by atoms with Gasteiger partial charge in [-0.3, -0.25) is 0 Å². The molecule has 0 aromatic carbocycles. The van der Waals surface area contributed by atoms with E-state index in [1.165, 1.54) is 48.7 Å². The number of aliphatic imine (C=N–C) groups is 1. The molecule has 1 aromatic rings. The summed E-state index contributed by atoms with van der Waals surface area (Å²) < 4.78 is 0. The third-order valence-electron chi connectivity index (χ3n) is 4.80. The monoisotopic (exact) mass is 350 g/mol. The zero-order valence-corrected chi connectivity index (χ0v) is 16.4. The molecular weight excluding hydrogens is 316 g/mol. The molecule has 1 aliphatic heterocycles. The minimum Gasteiger partial charge on any atom is -0.357 e. The van der Waals surface area contributed by atoms with Gasteiger partial charge in [-0.25, -0.2) is 4.99 Å². The summed E-state index contributed by atoms with van der Waals surface area (Å²) in [5.74, 6) is 1.82. The molecule has 0 atom stereocenters. The number of thiophene rings is 1. The van der Waals surface area contributed by atoms with Crippen molar-refractivity contribution in [1.82, 2.24) is 15.5 Å². The molecule has 1 saturated heterocycles. The Balaban J connectivity index is 1.73. The maximum Gasteiger partial charge on any atom is 0.191 e. The van der Waals surface area contributed by atoms with Crippen LogP contribution in [-0.2, 0) is 13.0 Å². The van der Waals surface area contributed by atoms with Gasteiger partial charge < -0.3 is 15.5 Å². The van der Waals surface area contributed by atoms with Crippen molar-refractivity contribution in [3.63, 3.8) is 0 Å². The van der Waals surface area contributed by atoms with Gasteiger partial charge in [0.05, 0.1) is 6.54 Å². The highest BCUT2D eigenvalue weighted by molar-refractivity contribution is 7.11. The number of rotatable bonds is 8. The van der Waals surface area contributed by atoms with E-state index in [1.54, 1.807) is 0 Å². The van der Waals surface area contributed by atoms with Crippen LogP contribution in [0.2, 0.25) is 0 Å². The Morgan fingerprint density at radius 3 is 2.54 bits per heavy atom. The normalized spacial score (nSPS) is 17.2. The summed E-state index contributed by atoms with van der Waals surface area (Å²) in [4.78, 5) is 10.1. The van der Waals surface area contributed by atoms with Crippen LogP contribution < -0.4 is 10.6 Å². The van der Waals surface area contributed by atoms with E-state index in [0.29, 0.717) is 0 Å². The molecule has 1 fully saturated rings. The number of hydrogen-bond acceptors (Lipinski definition) is 3. The van der Waals surface area contributed by atoms with E-state index in [1.807, 2.05) is 11.3 Å². The maximum absolute atomic E-state index is 4.74. The van der Waals surface area contributed by atoms with Crippen LogP contribution in [0.1, 0.15) is 49.8 Å². The Kier molecular flexibility index (Phi) is 8.60. The van der Waals surface area contributed by atoms with E-state index in [-0.39, 0.29) is 0 Å².